The van der Waals surface area contributed by atoms with Crippen LogP contribution in [0.15, 0.2) is 23.3 Å². The first-order chi connectivity index (χ1) is 13.4. The summed E-state index contributed by atoms with van der Waals surface area (Å²) in [6.07, 6.45) is 11.8. The lowest BCUT2D eigenvalue weighted by molar-refractivity contribution is -0.132. The van der Waals surface area contributed by atoms with Crippen molar-refractivity contribution >= 4 is 11.7 Å². The predicted octanol–water partition coefficient (Wildman–Crippen LogP) is 3.91. The average Bonchev–Trinajstić information content (AvgIpc) is 3.02. The van der Waals surface area contributed by atoms with E-state index >= 15 is 0 Å². The summed E-state index contributed by atoms with van der Waals surface area (Å²) in [6, 6.07) is 0. The maximum atomic E-state index is 13.0. The Bertz CT molecular complexity index is 762. The molecule has 0 radical (unpaired) electrons. The number of amides is 1. The molecule has 4 aliphatic carbocycles. The number of hydrogen-bond acceptors (Lipinski definition) is 3. The monoisotopic (exact) mass is 383 g/mol. The summed E-state index contributed by atoms with van der Waals surface area (Å²) in [5.74, 6) is 2.62. The third-order valence-electron chi connectivity index (χ3n) is 9.07. The molecule has 5 atom stereocenters. The summed E-state index contributed by atoms with van der Waals surface area (Å²) in [5, 5.41) is 0. The van der Waals surface area contributed by atoms with E-state index in [2.05, 4.69) is 26.0 Å². The second kappa shape index (κ2) is 6.55. The summed E-state index contributed by atoms with van der Waals surface area (Å²) >= 11 is 0. The minimum Gasteiger partial charge on any atom is -0.378 e. The van der Waals surface area contributed by atoms with Crippen molar-refractivity contribution in [1.82, 2.24) is 4.90 Å². The molecule has 28 heavy (non-hydrogen) atoms. The minimum absolute atomic E-state index is 0.0549. The number of hydrogen-bond donors (Lipinski definition) is 0. The highest BCUT2D eigenvalue weighted by Gasteiger charge is 2.58. The number of nitrogens with zero attached hydrogens (tertiary/aromatic N) is 1. The Morgan fingerprint density at radius 1 is 1.07 bits per heavy atom. The van der Waals surface area contributed by atoms with E-state index in [9.17, 15) is 9.59 Å². The Balaban J connectivity index is 1.38. The average molecular weight is 384 g/mol. The van der Waals surface area contributed by atoms with Gasteiger partial charge in [-0.2, -0.15) is 0 Å². The van der Waals surface area contributed by atoms with E-state index in [4.69, 9.17) is 4.74 Å². The molecule has 3 saturated carbocycles. The highest BCUT2D eigenvalue weighted by atomic mass is 16.5. The lowest BCUT2D eigenvalue weighted by Gasteiger charge is -2.56. The first-order valence-electron chi connectivity index (χ1n) is 11.2. The topological polar surface area (TPSA) is 46.6 Å². The molecule has 0 N–H and O–H groups in total. The molecule has 4 heteroatoms. The number of carbonyl (C=O) groups is 2. The van der Waals surface area contributed by atoms with Crippen LogP contribution in [-0.4, -0.2) is 42.9 Å². The SMILES string of the molecule is C[C@]12CC=C(C(=O)N3CCOCC3)C=C1CC[C@@H]1[C@@H]2CC[C@]2(C)C(=O)CC[C@@H]12. The van der Waals surface area contributed by atoms with Gasteiger partial charge in [0.25, 0.3) is 5.91 Å². The van der Waals surface area contributed by atoms with E-state index in [1.807, 2.05) is 4.90 Å². The van der Waals surface area contributed by atoms with Crippen LogP contribution in [0.25, 0.3) is 0 Å². The van der Waals surface area contributed by atoms with Crippen LogP contribution in [0.4, 0.5) is 0 Å². The minimum atomic E-state index is -0.0549. The zero-order chi connectivity index (χ0) is 19.5. The van der Waals surface area contributed by atoms with Crippen LogP contribution in [-0.2, 0) is 14.3 Å². The molecule has 0 aromatic carbocycles. The molecule has 0 unspecified atom stereocenters. The van der Waals surface area contributed by atoms with Crippen molar-refractivity contribution in [2.24, 2.45) is 28.6 Å². The molecule has 1 amide bonds. The van der Waals surface area contributed by atoms with Crippen LogP contribution in [0.2, 0.25) is 0 Å². The number of fused-ring (bicyclic) bond motifs is 5. The van der Waals surface area contributed by atoms with Crippen molar-refractivity contribution in [3.8, 4) is 0 Å². The number of allylic oxidation sites excluding steroid dienone is 2. The fraction of sp³-hybridized carbons (Fsp3) is 0.750. The van der Waals surface area contributed by atoms with Gasteiger partial charge in [0.1, 0.15) is 5.78 Å². The van der Waals surface area contributed by atoms with Gasteiger partial charge in [-0.15, -0.1) is 0 Å². The highest BCUT2D eigenvalue weighted by molar-refractivity contribution is 5.96. The Morgan fingerprint density at radius 3 is 2.61 bits per heavy atom. The Labute approximate surface area is 168 Å². The van der Waals surface area contributed by atoms with Gasteiger partial charge in [-0.05, 0) is 61.7 Å². The standard InChI is InChI=1S/C24H33NO3/c1-23-9-7-16(22(27)25-11-13-28-14-12-25)15-17(23)3-4-18-19-5-6-21(26)24(19,2)10-8-20(18)23/h7,15,18-20H,3-6,8-14H2,1-2H3/t18-,19-,20-,23-,24-/m0/s1. The number of morpholine rings is 1. The molecule has 1 aliphatic heterocycles. The van der Waals surface area contributed by atoms with Gasteiger partial charge in [-0.1, -0.05) is 31.6 Å². The maximum absolute atomic E-state index is 13.0. The fourth-order valence-corrected chi connectivity index (χ4v) is 7.28. The fourth-order valence-electron chi connectivity index (χ4n) is 7.28. The van der Waals surface area contributed by atoms with Gasteiger partial charge in [0.15, 0.2) is 0 Å². The first kappa shape index (κ1) is 18.6. The van der Waals surface area contributed by atoms with E-state index in [1.165, 1.54) is 12.0 Å². The normalized spacial score (nSPS) is 42.9. The number of ketones is 1. The first-order valence-corrected chi connectivity index (χ1v) is 11.2. The molecule has 0 spiro atoms. The van der Waals surface area contributed by atoms with E-state index in [0.717, 1.165) is 44.1 Å². The lowest BCUT2D eigenvalue weighted by Crippen LogP contribution is -2.50. The summed E-state index contributed by atoms with van der Waals surface area (Å²) in [5.41, 5.74) is 2.50. The largest absolute Gasteiger partial charge is 0.378 e. The zero-order valence-corrected chi connectivity index (χ0v) is 17.3. The molecule has 5 rings (SSSR count). The third kappa shape index (κ3) is 2.59. The van der Waals surface area contributed by atoms with E-state index in [-0.39, 0.29) is 16.7 Å². The second-order valence-corrected chi connectivity index (χ2v) is 10.2. The van der Waals surface area contributed by atoms with Crippen LogP contribution in [0.3, 0.4) is 0 Å². The number of ether oxygens (including phenoxy) is 1. The smallest absolute Gasteiger partial charge is 0.253 e. The van der Waals surface area contributed by atoms with Gasteiger partial charge in [0, 0.05) is 30.5 Å². The molecule has 4 fully saturated rings. The van der Waals surface area contributed by atoms with Crippen molar-refractivity contribution in [3.05, 3.63) is 23.3 Å². The van der Waals surface area contributed by atoms with Crippen LogP contribution < -0.4 is 0 Å². The number of Topliss-reactive ketones (excluding diaryl/α,β-unsaturated/α-hetero) is 1. The molecular formula is C24H33NO3. The molecule has 4 nitrogen and oxygen atoms in total. The van der Waals surface area contributed by atoms with Crippen molar-refractivity contribution in [2.75, 3.05) is 26.3 Å². The van der Waals surface area contributed by atoms with Crippen molar-refractivity contribution in [1.29, 1.82) is 0 Å². The molecule has 0 aromatic rings. The summed E-state index contributed by atoms with van der Waals surface area (Å²) < 4.78 is 5.40. The van der Waals surface area contributed by atoms with Gasteiger partial charge in [0.05, 0.1) is 13.2 Å². The van der Waals surface area contributed by atoms with E-state index in [1.54, 1.807) is 0 Å². The van der Waals surface area contributed by atoms with Crippen LogP contribution in [0.5, 0.6) is 0 Å². The summed E-state index contributed by atoms with van der Waals surface area (Å²) in [7, 11) is 0. The van der Waals surface area contributed by atoms with Gasteiger partial charge < -0.3 is 9.64 Å². The maximum Gasteiger partial charge on any atom is 0.253 e. The van der Waals surface area contributed by atoms with Gasteiger partial charge >= 0.3 is 0 Å². The molecular weight excluding hydrogens is 350 g/mol. The highest BCUT2D eigenvalue weighted by Crippen LogP contribution is 2.64. The lowest BCUT2D eigenvalue weighted by atomic mass is 9.48. The molecule has 0 aromatic heterocycles. The van der Waals surface area contributed by atoms with E-state index in [0.29, 0.717) is 49.8 Å². The molecule has 1 saturated heterocycles. The summed E-state index contributed by atoms with van der Waals surface area (Å²) in [4.78, 5) is 27.5. The van der Waals surface area contributed by atoms with Crippen molar-refractivity contribution in [2.45, 2.75) is 58.8 Å². The van der Waals surface area contributed by atoms with Gasteiger partial charge in [-0.3, -0.25) is 9.59 Å². The second-order valence-electron chi connectivity index (χ2n) is 10.2. The molecule has 1 heterocycles. The summed E-state index contributed by atoms with van der Waals surface area (Å²) in [6.45, 7) is 7.38. The van der Waals surface area contributed by atoms with Gasteiger partial charge in [0.2, 0.25) is 0 Å². The zero-order valence-electron chi connectivity index (χ0n) is 17.3. The van der Waals surface area contributed by atoms with Crippen LogP contribution >= 0.6 is 0 Å². The predicted molar refractivity (Wildman–Crippen MR) is 108 cm³/mol. The van der Waals surface area contributed by atoms with Crippen molar-refractivity contribution in [3.63, 3.8) is 0 Å². The van der Waals surface area contributed by atoms with Crippen LogP contribution in [0, 0.1) is 28.6 Å². The van der Waals surface area contributed by atoms with E-state index < -0.39 is 0 Å². The molecule has 0 bridgehead atoms. The van der Waals surface area contributed by atoms with Gasteiger partial charge in [-0.25, -0.2) is 0 Å². The molecule has 5 aliphatic rings. The Kier molecular flexibility index (Phi) is 4.35. The molecule has 152 valence electrons. The van der Waals surface area contributed by atoms with Crippen LogP contribution in [0.1, 0.15) is 58.8 Å². The Morgan fingerprint density at radius 2 is 1.82 bits per heavy atom. The number of rotatable bonds is 1. The quantitative estimate of drug-likeness (QED) is 0.690. The van der Waals surface area contributed by atoms with Crippen molar-refractivity contribution < 1.29 is 14.3 Å². The number of carbonyl (C=O) groups excluding carboxylic acids is 2. The third-order valence-corrected chi connectivity index (χ3v) is 9.07. The Hall–Kier alpha value is -1.42.